The molecular weight excluding hydrogens is 266 g/mol. The summed E-state index contributed by atoms with van der Waals surface area (Å²) in [6, 6.07) is 1.93. The second-order valence-electron chi connectivity index (χ2n) is 5.63. The molecule has 0 spiro atoms. The predicted octanol–water partition coefficient (Wildman–Crippen LogP) is 2.58. The topological polar surface area (TPSA) is 69.4 Å². The highest BCUT2D eigenvalue weighted by atomic mass is 16.5. The average molecular weight is 293 g/mol. The summed E-state index contributed by atoms with van der Waals surface area (Å²) in [5, 5.41) is 0. The molecule has 1 saturated carbocycles. The lowest BCUT2D eigenvalue weighted by molar-refractivity contribution is 0.00737. The van der Waals surface area contributed by atoms with Crippen molar-refractivity contribution < 1.29 is 9.47 Å². The Morgan fingerprint density at radius 2 is 2.10 bits per heavy atom. The van der Waals surface area contributed by atoms with Crippen LogP contribution in [0.4, 0.5) is 0 Å². The summed E-state index contributed by atoms with van der Waals surface area (Å²) in [4.78, 5) is 4.26. The number of pyridine rings is 1. The van der Waals surface area contributed by atoms with E-state index in [1.54, 1.807) is 13.3 Å². The molecule has 118 valence electrons. The monoisotopic (exact) mass is 293 g/mol. The van der Waals surface area contributed by atoms with Crippen LogP contribution in [-0.2, 0) is 4.74 Å². The maximum absolute atomic E-state index is 5.81. The van der Waals surface area contributed by atoms with Crippen molar-refractivity contribution >= 4 is 0 Å². The van der Waals surface area contributed by atoms with Crippen LogP contribution in [0.3, 0.4) is 0 Å². The lowest BCUT2D eigenvalue weighted by Gasteiger charge is -2.34. The Hall–Kier alpha value is -1.17. The van der Waals surface area contributed by atoms with Crippen LogP contribution >= 0.6 is 0 Å². The molecule has 5 heteroatoms. The zero-order valence-electron chi connectivity index (χ0n) is 13.0. The van der Waals surface area contributed by atoms with Crippen molar-refractivity contribution in [1.29, 1.82) is 0 Å². The molecule has 5 nitrogen and oxygen atoms in total. The number of hydrogen-bond donors (Lipinski definition) is 2. The first-order valence-corrected chi connectivity index (χ1v) is 7.86. The summed E-state index contributed by atoms with van der Waals surface area (Å²) in [5.41, 5.74) is 3.93. The van der Waals surface area contributed by atoms with E-state index in [4.69, 9.17) is 15.3 Å². The van der Waals surface area contributed by atoms with E-state index in [1.165, 1.54) is 32.1 Å². The quantitative estimate of drug-likeness (QED) is 0.597. The fourth-order valence-electron chi connectivity index (χ4n) is 3.30. The van der Waals surface area contributed by atoms with Crippen molar-refractivity contribution in [3.8, 4) is 5.75 Å². The highest BCUT2D eigenvalue weighted by Gasteiger charge is 2.31. The van der Waals surface area contributed by atoms with Gasteiger partial charge in [0.25, 0.3) is 0 Å². The molecule has 0 radical (unpaired) electrons. The van der Waals surface area contributed by atoms with Gasteiger partial charge in [-0.25, -0.2) is 0 Å². The molecule has 2 atom stereocenters. The molecule has 1 aromatic heterocycles. The van der Waals surface area contributed by atoms with Gasteiger partial charge in [0.2, 0.25) is 0 Å². The minimum absolute atomic E-state index is 0.0639. The van der Waals surface area contributed by atoms with Gasteiger partial charge in [-0.1, -0.05) is 19.3 Å². The van der Waals surface area contributed by atoms with Gasteiger partial charge < -0.3 is 9.47 Å². The van der Waals surface area contributed by atoms with Gasteiger partial charge in [-0.3, -0.25) is 16.3 Å². The molecule has 3 N–H and O–H groups in total. The van der Waals surface area contributed by atoms with E-state index in [0.717, 1.165) is 11.3 Å². The van der Waals surface area contributed by atoms with E-state index >= 15 is 0 Å². The lowest BCUT2D eigenvalue weighted by Crippen LogP contribution is -2.42. The van der Waals surface area contributed by atoms with Crippen LogP contribution in [0.5, 0.6) is 5.75 Å². The smallest absolute Gasteiger partial charge is 0.137 e. The number of methoxy groups -OCH3 is 1. The van der Waals surface area contributed by atoms with Crippen molar-refractivity contribution in [2.24, 2.45) is 11.8 Å². The molecule has 1 fully saturated rings. The predicted molar refractivity (Wildman–Crippen MR) is 82.8 cm³/mol. The van der Waals surface area contributed by atoms with E-state index in [9.17, 15) is 0 Å². The first kappa shape index (κ1) is 16.2. The van der Waals surface area contributed by atoms with E-state index in [2.05, 4.69) is 10.4 Å². The summed E-state index contributed by atoms with van der Waals surface area (Å²) in [6.07, 6.45) is 9.91. The fourth-order valence-corrected chi connectivity index (χ4v) is 3.30. The van der Waals surface area contributed by atoms with Gasteiger partial charge in [0.15, 0.2) is 0 Å². The molecule has 2 rings (SSSR count). The van der Waals surface area contributed by atoms with Gasteiger partial charge in [0.05, 0.1) is 24.9 Å². The normalized spacial score (nSPS) is 19.2. The molecule has 0 aliphatic heterocycles. The number of ether oxygens (including phenoxy) is 2. The molecule has 21 heavy (non-hydrogen) atoms. The molecule has 1 heterocycles. The minimum atomic E-state index is -0.0639. The summed E-state index contributed by atoms with van der Waals surface area (Å²) >= 11 is 0. The third kappa shape index (κ3) is 4.15. The van der Waals surface area contributed by atoms with Crippen LogP contribution in [0.2, 0.25) is 0 Å². The van der Waals surface area contributed by atoms with Gasteiger partial charge in [-0.2, -0.15) is 0 Å². The summed E-state index contributed by atoms with van der Waals surface area (Å²) in [6.45, 7) is 2.59. The standard InChI is InChI=1S/C16H27N3O2/c1-3-21-14-9-13(10-18-11-14)15(19-17)16(20-2)12-7-5-4-6-8-12/h9-12,15-16,19H,3-8,17H2,1-2H3. The molecule has 0 saturated heterocycles. The summed E-state index contributed by atoms with van der Waals surface area (Å²) in [7, 11) is 1.77. The second kappa shape index (κ2) is 8.32. The van der Waals surface area contributed by atoms with Gasteiger partial charge in [-0.15, -0.1) is 0 Å². The molecule has 0 bridgehead atoms. The Kier molecular flexibility index (Phi) is 6.42. The molecule has 1 aliphatic rings. The molecule has 2 unspecified atom stereocenters. The van der Waals surface area contributed by atoms with E-state index in [-0.39, 0.29) is 12.1 Å². The molecular formula is C16H27N3O2. The van der Waals surface area contributed by atoms with Crippen molar-refractivity contribution in [2.45, 2.75) is 51.2 Å². The van der Waals surface area contributed by atoms with E-state index in [0.29, 0.717) is 12.5 Å². The number of aromatic nitrogens is 1. The number of nitrogens with two attached hydrogens (primary N) is 1. The third-order valence-corrected chi connectivity index (χ3v) is 4.30. The van der Waals surface area contributed by atoms with E-state index < -0.39 is 0 Å². The van der Waals surface area contributed by atoms with Crippen LogP contribution in [0.1, 0.15) is 50.6 Å². The molecule has 0 aromatic carbocycles. The zero-order chi connectivity index (χ0) is 15.1. The Labute approximate surface area is 127 Å². The van der Waals surface area contributed by atoms with Gasteiger partial charge in [0, 0.05) is 13.3 Å². The summed E-state index contributed by atoms with van der Waals surface area (Å²) < 4.78 is 11.3. The van der Waals surface area contributed by atoms with Crippen LogP contribution < -0.4 is 16.0 Å². The highest BCUT2D eigenvalue weighted by Crippen LogP contribution is 2.34. The third-order valence-electron chi connectivity index (χ3n) is 4.30. The molecule has 0 amide bonds. The lowest BCUT2D eigenvalue weighted by atomic mass is 9.81. The zero-order valence-corrected chi connectivity index (χ0v) is 13.0. The largest absolute Gasteiger partial charge is 0.492 e. The Balaban J connectivity index is 2.17. The molecule has 1 aliphatic carbocycles. The van der Waals surface area contributed by atoms with E-state index in [1.807, 2.05) is 19.2 Å². The number of hydrogen-bond acceptors (Lipinski definition) is 5. The number of nitrogens with zero attached hydrogens (tertiary/aromatic N) is 1. The van der Waals surface area contributed by atoms with Crippen molar-refractivity contribution in [1.82, 2.24) is 10.4 Å². The SMILES string of the molecule is CCOc1cncc(C(NN)C(OC)C2CCCCC2)c1. The van der Waals surface area contributed by atoms with Crippen LogP contribution in [0.25, 0.3) is 0 Å². The maximum atomic E-state index is 5.81. The van der Waals surface area contributed by atoms with Crippen LogP contribution in [0.15, 0.2) is 18.5 Å². The maximum Gasteiger partial charge on any atom is 0.137 e. The average Bonchev–Trinajstić information content (AvgIpc) is 2.54. The van der Waals surface area contributed by atoms with Crippen LogP contribution in [0, 0.1) is 5.92 Å². The van der Waals surface area contributed by atoms with Gasteiger partial charge in [-0.05, 0) is 37.3 Å². The van der Waals surface area contributed by atoms with Crippen molar-refractivity contribution in [3.63, 3.8) is 0 Å². The number of hydrazine groups is 1. The van der Waals surface area contributed by atoms with Gasteiger partial charge >= 0.3 is 0 Å². The first-order valence-electron chi connectivity index (χ1n) is 7.86. The minimum Gasteiger partial charge on any atom is -0.492 e. The van der Waals surface area contributed by atoms with Crippen molar-refractivity contribution in [2.75, 3.05) is 13.7 Å². The number of rotatable bonds is 7. The molecule has 1 aromatic rings. The fraction of sp³-hybridized carbons (Fsp3) is 0.688. The highest BCUT2D eigenvalue weighted by molar-refractivity contribution is 5.27. The Morgan fingerprint density at radius 3 is 2.71 bits per heavy atom. The second-order valence-corrected chi connectivity index (χ2v) is 5.63. The summed E-state index contributed by atoms with van der Waals surface area (Å²) in [5.74, 6) is 7.13. The Morgan fingerprint density at radius 1 is 1.33 bits per heavy atom. The Bertz CT molecular complexity index is 422. The number of nitrogens with one attached hydrogen (secondary N) is 1. The van der Waals surface area contributed by atoms with Crippen LogP contribution in [-0.4, -0.2) is 24.8 Å². The first-order chi connectivity index (χ1) is 10.3. The van der Waals surface area contributed by atoms with Gasteiger partial charge in [0.1, 0.15) is 5.75 Å². The van der Waals surface area contributed by atoms with Crippen molar-refractivity contribution in [3.05, 3.63) is 24.0 Å².